The first kappa shape index (κ1) is 14.4. The molecule has 15 heavy (non-hydrogen) atoms. The Morgan fingerprint density at radius 1 is 1.33 bits per heavy atom. The summed E-state index contributed by atoms with van der Waals surface area (Å²) >= 11 is 0. The Labute approximate surface area is 94.5 Å². The van der Waals surface area contributed by atoms with Crippen molar-refractivity contribution in [3.8, 4) is 11.8 Å². The van der Waals surface area contributed by atoms with Gasteiger partial charge in [0.25, 0.3) is 0 Å². The highest BCUT2D eigenvalue weighted by molar-refractivity contribution is 6.74. The van der Waals surface area contributed by atoms with E-state index >= 15 is 0 Å². The molecule has 0 spiro atoms. The molecular formula is C12H22O2Si. The lowest BCUT2D eigenvalue weighted by Crippen LogP contribution is -2.40. The van der Waals surface area contributed by atoms with E-state index in [-0.39, 0.29) is 11.6 Å². The first-order chi connectivity index (χ1) is 6.81. The monoisotopic (exact) mass is 226 g/mol. The minimum Gasteiger partial charge on any atom is -0.413 e. The van der Waals surface area contributed by atoms with Gasteiger partial charge in [-0.25, -0.2) is 0 Å². The van der Waals surface area contributed by atoms with E-state index in [2.05, 4.69) is 45.7 Å². The summed E-state index contributed by atoms with van der Waals surface area (Å²) in [6, 6.07) is 0. The van der Waals surface area contributed by atoms with Crippen molar-refractivity contribution in [3.63, 3.8) is 0 Å². The van der Waals surface area contributed by atoms with Gasteiger partial charge in [-0.15, -0.1) is 0 Å². The fourth-order valence-electron chi connectivity index (χ4n) is 0.685. The maximum absolute atomic E-state index is 8.43. The van der Waals surface area contributed by atoms with Crippen LogP contribution < -0.4 is 0 Å². The fraction of sp³-hybridized carbons (Fsp3) is 0.667. The van der Waals surface area contributed by atoms with E-state index in [1.165, 1.54) is 0 Å². The van der Waals surface area contributed by atoms with Crippen LogP contribution in [0.3, 0.4) is 0 Å². The highest BCUT2D eigenvalue weighted by atomic mass is 28.4. The molecule has 2 nitrogen and oxygen atoms in total. The molecular weight excluding hydrogens is 204 g/mol. The van der Waals surface area contributed by atoms with Crippen LogP contribution in [0.25, 0.3) is 0 Å². The molecule has 0 heterocycles. The number of aliphatic hydroxyl groups is 1. The standard InChI is InChI=1S/C12H22O2Si/c1-12(2,3)15(4,5)14-11-9-7-6-8-10-13/h7,9,13H,10-11H2,1-5H3/b9-7+. The smallest absolute Gasteiger partial charge is 0.192 e. The summed E-state index contributed by atoms with van der Waals surface area (Å²) < 4.78 is 5.90. The first-order valence-electron chi connectivity index (χ1n) is 5.19. The van der Waals surface area contributed by atoms with Crippen LogP contribution in [0.15, 0.2) is 12.2 Å². The molecule has 0 saturated heterocycles. The molecule has 0 aromatic carbocycles. The van der Waals surface area contributed by atoms with Gasteiger partial charge >= 0.3 is 0 Å². The normalized spacial score (nSPS) is 12.7. The lowest BCUT2D eigenvalue weighted by atomic mass is 10.2. The number of allylic oxidation sites excluding steroid dienone is 1. The van der Waals surface area contributed by atoms with Gasteiger partial charge in [0, 0.05) is 0 Å². The van der Waals surface area contributed by atoms with Gasteiger partial charge in [-0.1, -0.05) is 38.7 Å². The third kappa shape index (κ3) is 5.78. The molecule has 0 amide bonds. The zero-order chi connectivity index (χ0) is 11.9. The van der Waals surface area contributed by atoms with E-state index < -0.39 is 8.32 Å². The Morgan fingerprint density at radius 3 is 2.40 bits per heavy atom. The topological polar surface area (TPSA) is 29.5 Å². The maximum Gasteiger partial charge on any atom is 0.192 e. The lowest BCUT2D eigenvalue weighted by Gasteiger charge is -2.35. The van der Waals surface area contributed by atoms with Crippen LogP contribution >= 0.6 is 0 Å². The van der Waals surface area contributed by atoms with Crippen LogP contribution in [0.5, 0.6) is 0 Å². The average molecular weight is 226 g/mol. The molecule has 0 bridgehead atoms. The molecule has 0 aliphatic heterocycles. The molecule has 3 heteroatoms. The van der Waals surface area contributed by atoms with Gasteiger partial charge in [-0.05, 0) is 24.2 Å². The Bertz CT molecular complexity index is 264. The van der Waals surface area contributed by atoms with Crippen molar-refractivity contribution in [2.75, 3.05) is 13.2 Å². The predicted octanol–water partition coefficient (Wildman–Crippen LogP) is 2.56. The first-order valence-corrected chi connectivity index (χ1v) is 8.10. The van der Waals surface area contributed by atoms with E-state index in [0.717, 1.165) is 0 Å². The molecule has 1 N–H and O–H groups in total. The quantitative estimate of drug-likeness (QED) is 0.592. The summed E-state index contributed by atoms with van der Waals surface area (Å²) in [5, 5.41) is 8.67. The second-order valence-electron chi connectivity index (χ2n) is 4.95. The van der Waals surface area contributed by atoms with E-state index in [0.29, 0.717) is 6.61 Å². The van der Waals surface area contributed by atoms with Gasteiger partial charge in [0.1, 0.15) is 6.61 Å². The van der Waals surface area contributed by atoms with Crippen LogP contribution in [0.1, 0.15) is 20.8 Å². The molecule has 0 unspecified atom stereocenters. The molecule has 0 fully saturated rings. The van der Waals surface area contributed by atoms with Crippen molar-refractivity contribution in [3.05, 3.63) is 12.2 Å². The Kier molecular flexibility index (Phi) is 5.88. The van der Waals surface area contributed by atoms with Crippen LogP contribution in [0.4, 0.5) is 0 Å². The summed E-state index contributed by atoms with van der Waals surface area (Å²) in [5.41, 5.74) is 0. The van der Waals surface area contributed by atoms with Crippen molar-refractivity contribution < 1.29 is 9.53 Å². The molecule has 0 aliphatic rings. The fourth-order valence-corrected chi connectivity index (χ4v) is 1.63. The van der Waals surface area contributed by atoms with E-state index in [1.54, 1.807) is 6.08 Å². The second kappa shape index (κ2) is 6.11. The van der Waals surface area contributed by atoms with E-state index in [9.17, 15) is 0 Å². The van der Waals surface area contributed by atoms with Crippen molar-refractivity contribution in [1.29, 1.82) is 0 Å². The summed E-state index contributed by atoms with van der Waals surface area (Å²) in [4.78, 5) is 0. The second-order valence-corrected chi connectivity index (χ2v) is 9.76. The number of hydrogen-bond donors (Lipinski definition) is 1. The van der Waals surface area contributed by atoms with Gasteiger partial charge in [-0.2, -0.15) is 0 Å². The van der Waals surface area contributed by atoms with Gasteiger partial charge in [0.15, 0.2) is 8.32 Å². The molecule has 0 aromatic rings. The van der Waals surface area contributed by atoms with Crippen LogP contribution in [0.2, 0.25) is 18.1 Å². The third-order valence-corrected chi connectivity index (χ3v) is 7.23. The molecule has 0 rings (SSSR count). The highest BCUT2D eigenvalue weighted by Gasteiger charge is 2.36. The predicted molar refractivity (Wildman–Crippen MR) is 67.2 cm³/mol. The summed E-state index contributed by atoms with van der Waals surface area (Å²) in [7, 11) is -1.62. The number of aliphatic hydroxyl groups excluding tert-OH is 1. The summed E-state index contributed by atoms with van der Waals surface area (Å²) in [6.07, 6.45) is 3.62. The van der Waals surface area contributed by atoms with Gasteiger partial charge in [0.2, 0.25) is 0 Å². The van der Waals surface area contributed by atoms with E-state index in [1.807, 2.05) is 6.08 Å². The van der Waals surface area contributed by atoms with Crippen LogP contribution in [-0.4, -0.2) is 26.6 Å². The van der Waals surface area contributed by atoms with Crippen LogP contribution in [0, 0.1) is 11.8 Å². The van der Waals surface area contributed by atoms with Crippen molar-refractivity contribution in [2.45, 2.75) is 38.9 Å². The average Bonchev–Trinajstić information content (AvgIpc) is 2.09. The van der Waals surface area contributed by atoms with Gasteiger partial charge < -0.3 is 9.53 Å². The van der Waals surface area contributed by atoms with Crippen molar-refractivity contribution >= 4 is 8.32 Å². The molecule has 0 aliphatic carbocycles. The molecule has 0 aromatic heterocycles. The molecule has 0 atom stereocenters. The van der Waals surface area contributed by atoms with Crippen molar-refractivity contribution in [1.82, 2.24) is 0 Å². The van der Waals surface area contributed by atoms with E-state index in [4.69, 9.17) is 9.53 Å². The SMILES string of the molecule is CC(C)(C)[Si](C)(C)OC/C=C/C#CCO. The minimum absolute atomic E-state index is 0.0898. The highest BCUT2D eigenvalue weighted by Crippen LogP contribution is 2.36. The zero-order valence-electron chi connectivity index (χ0n) is 10.4. The Hall–Kier alpha value is -0.563. The zero-order valence-corrected chi connectivity index (χ0v) is 11.4. The third-order valence-electron chi connectivity index (χ3n) is 2.73. The summed E-state index contributed by atoms with van der Waals surface area (Å²) in [6.45, 7) is 11.6. The minimum atomic E-state index is -1.62. The van der Waals surface area contributed by atoms with Gasteiger partial charge in [-0.3, -0.25) is 0 Å². The number of hydrogen-bond acceptors (Lipinski definition) is 2. The Balaban J connectivity index is 4.01. The molecule has 86 valence electrons. The lowest BCUT2D eigenvalue weighted by molar-refractivity contribution is 0.328. The molecule has 0 radical (unpaired) electrons. The maximum atomic E-state index is 8.43. The van der Waals surface area contributed by atoms with Crippen LogP contribution in [-0.2, 0) is 4.43 Å². The van der Waals surface area contributed by atoms with Crippen molar-refractivity contribution in [2.24, 2.45) is 0 Å². The summed E-state index contributed by atoms with van der Waals surface area (Å²) in [5.74, 6) is 5.27. The largest absolute Gasteiger partial charge is 0.413 e. The Morgan fingerprint density at radius 2 is 1.93 bits per heavy atom. The number of rotatable bonds is 3. The van der Waals surface area contributed by atoms with Gasteiger partial charge in [0.05, 0.1) is 6.61 Å². The molecule has 0 saturated carbocycles.